The largest absolute Gasteiger partial charge is 0.444 e. The van der Waals surface area contributed by atoms with Crippen LogP contribution >= 0.6 is 0 Å². The molecule has 1 amide bonds. The molecule has 2 N–H and O–H groups in total. The molecule has 3 rings (SSSR count). The lowest BCUT2D eigenvalue weighted by Gasteiger charge is -2.28. The van der Waals surface area contributed by atoms with Gasteiger partial charge in [-0.2, -0.15) is 5.10 Å². The summed E-state index contributed by atoms with van der Waals surface area (Å²) in [6.45, 7) is 7.19. The van der Waals surface area contributed by atoms with Crippen molar-refractivity contribution in [3.63, 3.8) is 0 Å². The van der Waals surface area contributed by atoms with Gasteiger partial charge in [-0.25, -0.2) is 4.79 Å². The fourth-order valence-electron chi connectivity index (χ4n) is 2.90. The van der Waals surface area contributed by atoms with Crippen LogP contribution in [0, 0.1) is 0 Å². The summed E-state index contributed by atoms with van der Waals surface area (Å²) >= 11 is 0. The van der Waals surface area contributed by atoms with Crippen LogP contribution in [-0.4, -0.2) is 26.4 Å². The van der Waals surface area contributed by atoms with E-state index in [0.29, 0.717) is 25.7 Å². The zero-order chi connectivity index (χ0) is 15.2. The summed E-state index contributed by atoms with van der Waals surface area (Å²) < 4.78 is 7.52. The molecule has 1 aromatic rings. The van der Waals surface area contributed by atoms with Gasteiger partial charge in [-0.15, -0.1) is 0 Å². The number of amides is 1. The molecule has 2 heterocycles. The lowest BCUT2D eigenvalue weighted by atomic mass is 9.93. The van der Waals surface area contributed by atoms with Gasteiger partial charge in [-0.3, -0.25) is 9.58 Å². The maximum absolute atomic E-state index is 12.2. The van der Waals surface area contributed by atoms with Crippen molar-refractivity contribution in [2.45, 2.75) is 71.3 Å². The standard InChI is InChI=1S/C15H24N4O2/c1-15(2,3)21-14(20)18-8-11-12(9-18)17-19(13(11)7-16)10-5-4-6-10/h10H,4-9,16H2,1-3H3. The fraction of sp³-hybridized carbons (Fsp3) is 0.733. The van der Waals surface area contributed by atoms with E-state index in [2.05, 4.69) is 4.68 Å². The predicted molar refractivity (Wildman–Crippen MR) is 78.5 cm³/mol. The number of aromatic nitrogens is 2. The molecule has 2 aliphatic rings. The highest BCUT2D eigenvalue weighted by atomic mass is 16.6. The van der Waals surface area contributed by atoms with Gasteiger partial charge < -0.3 is 10.5 Å². The summed E-state index contributed by atoms with van der Waals surface area (Å²) in [5, 5.41) is 4.70. The van der Waals surface area contributed by atoms with Crippen molar-refractivity contribution in [1.82, 2.24) is 14.7 Å². The molecular formula is C15H24N4O2. The van der Waals surface area contributed by atoms with Crippen molar-refractivity contribution in [2.75, 3.05) is 0 Å². The van der Waals surface area contributed by atoms with Crippen LogP contribution in [0.3, 0.4) is 0 Å². The van der Waals surface area contributed by atoms with Crippen LogP contribution in [0.4, 0.5) is 4.79 Å². The van der Waals surface area contributed by atoms with E-state index in [4.69, 9.17) is 15.6 Å². The van der Waals surface area contributed by atoms with Crippen LogP contribution in [-0.2, 0) is 24.4 Å². The summed E-state index contributed by atoms with van der Waals surface area (Å²) in [4.78, 5) is 13.9. The van der Waals surface area contributed by atoms with Crippen molar-refractivity contribution in [1.29, 1.82) is 0 Å². The van der Waals surface area contributed by atoms with Gasteiger partial charge in [0, 0.05) is 12.1 Å². The first-order valence-electron chi connectivity index (χ1n) is 7.66. The van der Waals surface area contributed by atoms with E-state index in [1.807, 2.05) is 20.8 Å². The Kier molecular flexibility index (Phi) is 3.43. The van der Waals surface area contributed by atoms with E-state index in [0.717, 1.165) is 17.0 Å². The highest BCUT2D eigenvalue weighted by Crippen LogP contribution is 2.35. The summed E-state index contributed by atoms with van der Waals surface area (Å²) in [6.07, 6.45) is 3.36. The predicted octanol–water partition coefficient (Wildman–Crippen LogP) is 2.32. The molecule has 1 saturated carbocycles. The Morgan fingerprint density at radius 2 is 2.10 bits per heavy atom. The van der Waals surface area contributed by atoms with Crippen LogP contribution in [0.15, 0.2) is 0 Å². The Balaban J connectivity index is 1.76. The molecule has 0 radical (unpaired) electrons. The molecule has 1 fully saturated rings. The average molecular weight is 292 g/mol. The van der Waals surface area contributed by atoms with Crippen LogP contribution in [0.1, 0.15) is 63.0 Å². The first kappa shape index (κ1) is 14.4. The summed E-state index contributed by atoms with van der Waals surface area (Å²) in [7, 11) is 0. The smallest absolute Gasteiger partial charge is 0.410 e. The zero-order valence-electron chi connectivity index (χ0n) is 13.1. The number of nitrogens with two attached hydrogens (primary N) is 1. The quantitative estimate of drug-likeness (QED) is 0.908. The Hall–Kier alpha value is -1.56. The Morgan fingerprint density at radius 3 is 2.62 bits per heavy atom. The van der Waals surface area contributed by atoms with Crippen molar-refractivity contribution in [3.8, 4) is 0 Å². The minimum absolute atomic E-state index is 0.279. The Bertz CT molecular complexity index is 555. The maximum atomic E-state index is 12.2. The Labute approximate surface area is 125 Å². The molecule has 0 spiro atoms. The van der Waals surface area contributed by atoms with Crippen molar-refractivity contribution >= 4 is 6.09 Å². The van der Waals surface area contributed by atoms with Gasteiger partial charge in [0.2, 0.25) is 0 Å². The highest BCUT2D eigenvalue weighted by molar-refractivity contribution is 5.69. The second-order valence-electron chi connectivity index (χ2n) is 6.94. The number of fused-ring (bicyclic) bond motifs is 1. The molecule has 21 heavy (non-hydrogen) atoms. The van der Waals surface area contributed by atoms with E-state index in [9.17, 15) is 4.79 Å². The summed E-state index contributed by atoms with van der Waals surface area (Å²) in [5.74, 6) is 0. The van der Waals surface area contributed by atoms with Crippen molar-refractivity contribution in [3.05, 3.63) is 17.0 Å². The van der Waals surface area contributed by atoms with E-state index >= 15 is 0 Å². The molecule has 0 unspecified atom stereocenters. The zero-order valence-corrected chi connectivity index (χ0v) is 13.1. The normalized spacial score (nSPS) is 18.6. The molecule has 1 aliphatic heterocycles. The molecular weight excluding hydrogens is 268 g/mol. The lowest BCUT2D eigenvalue weighted by Crippen LogP contribution is -2.34. The third-order valence-electron chi connectivity index (χ3n) is 4.16. The van der Waals surface area contributed by atoms with Gasteiger partial charge in [0.05, 0.1) is 30.5 Å². The van der Waals surface area contributed by atoms with E-state index < -0.39 is 5.60 Å². The van der Waals surface area contributed by atoms with Gasteiger partial charge in [0.1, 0.15) is 5.60 Å². The Morgan fingerprint density at radius 1 is 1.38 bits per heavy atom. The number of carbonyl (C=O) groups is 1. The van der Waals surface area contributed by atoms with Crippen LogP contribution in [0.2, 0.25) is 0 Å². The summed E-state index contributed by atoms with van der Waals surface area (Å²) in [6, 6.07) is 0.504. The third kappa shape index (κ3) is 2.64. The van der Waals surface area contributed by atoms with Crippen molar-refractivity contribution in [2.24, 2.45) is 5.73 Å². The number of rotatable bonds is 2. The summed E-state index contributed by atoms with van der Waals surface area (Å²) in [5.41, 5.74) is 8.62. The van der Waals surface area contributed by atoms with Gasteiger partial charge in [-0.05, 0) is 40.0 Å². The van der Waals surface area contributed by atoms with Gasteiger partial charge >= 0.3 is 6.09 Å². The van der Waals surface area contributed by atoms with E-state index in [-0.39, 0.29) is 6.09 Å². The fourth-order valence-corrected chi connectivity index (χ4v) is 2.90. The minimum atomic E-state index is -0.473. The molecule has 1 aromatic heterocycles. The number of carbonyl (C=O) groups excluding carboxylic acids is 1. The van der Waals surface area contributed by atoms with Crippen LogP contribution in [0.25, 0.3) is 0 Å². The van der Waals surface area contributed by atoms with E-state index in [1.165, 1.54) is 19.3 Å². The topological polar surface area (TPSA) is 73.4 Å². The maximum Gasteiger partial charge on any atom is 0.410 e. The second-order valence-corrected chi connectivity index (χ2v) is 6.94. The monoisotopic (exact) mass is 292 g/mol. The first-order valence-corrected chi connectivity index (χ1v) is 7.66. The molecule has 1 aliphatic carbocycles. The number of hydrogen-bond donors (Lipinski definition) is 1. The third-order valence-corrected chi connectivity index (χ3v) is 4.16. The van der Waals surface area contributed by atoms with Gasteiger partial charge in [-0.1, -0.05) is 0 Å². The highest BCUT2D eigenvalue weighted by Gasteiger charge is 2.34. The molecule has 0 bridgehead atoms. The molecule has 116 valence electrons. The minimum Gasteiger partial charge on any atom is -0.444 e. The average Bonchev–Trinajstić information content (AvgIpc) is 2.81. The number of ether oxygens (including phenoxy) is 1. The molecule has 6 nitrogen and oxygen atoms in total. The van der Waals surface area contributed by atoms with Gasteiger partial charge in [0.15, 0.2) is 0 Å². The number of nitrogens with zero attached hydrogens (tertiary/aromatic N) is 3. The van der Waals surface area contributed by atoms with E-state index in [1.54, 1.807) is 4.90 Å². The van der Waals surface area contributed by atoms with Crippen molar-refractivity contribution < 1.29 is 9.53 Å². The molecule has 6 heteroatoms. The molecule has 0 saturated heterocycles. The first-order chi connectivity index (χ1) is 9.89. The lowest BCUT2D eigenvalue weighted by molar-refractivity contribution is 0.0238. The number of hydrogen-bond acceptors (Lipinski definition) is 4. The molecule has 0 aromatic carbocycles. The second kappa shape index (κ2) is 5.02. The molecule has 0 atom stereocenters. The SMILES string of the molecule is CC(C)(C)OC(=O)N1Cc2nn(C3CCC3)c(CN)c2C1. The van der Waals surface area contributed by atoms with Gasteiger partial charge in [0.25, 0.3) is 0 Å². The van der Waals surface area contributed by atoms with Crippen LogP contribution < -0.4 is 5.73 Å². The van der Waals surface area contributed by atoms with Crippen LogP contribution in [0.5, 0.6) is 0 Å².